The Morgan fingerprint density at radius 1 is 0.652 bits per heavy atom. The van der Waals surface area contributed by atoms with Crippen molar-refractivity contribution in [1.29, 1.82) is 0 Å². The second kappa shape index (κ2) is 6.05. The minimum absolute atomic E-state index is 0.0998. The SMILES string of the molecule is C(/C=C/c1ccccc1)=NC1c2ccccc2-c2ccccc21. The Hall–Kier alpha value is -2.93. The van der Waals surface area contributed by atoms with Gasteiger partial charge in [0.05, 0.1) is 0 Å². The summed E-state index contributed by atoms with van der Waals surface area (Å²) in [7, 11) is 0. The molecule has 1 aliphatic rings. The van der Waals surface area contributed by atoms with Crippen LogP contribution in [0, 0.1) is 0 Å². The van der Waals surface area contributed by atoms with Crippen molar-refractivity contribution < 1.29 is 0 Å². The van der Waals surface area contributed by atoms with Gasteiger partial charge in [0.25, 0.3) is 0 Å². The van der Waals surface area contributed by atoms with Gasteiger partial charge in [-0.05, 0) is 33.9 Å². The number of nitrogens with zero attached hydrogens (tertiary/aromatic N) is 1. The van der Waals surface area contributed by atoms with E-state index in [0.717, 1.165) is 0 Å². The van der Waals surface area contributed by atoms with Gasteiger partial charge in [0, 0.05) is 6.21 Å². The van der Waals surface area contributed by atoms with Crippen LogP contribution in [0.3, 0.4) is 0 Å². The number of benzene rings is 3. The van der Waals surface area contributed by atoms with Crippen LogP contribution in [0.2, 0.25) is 0 Å². The van der Waals surface area contributed by atoms with E-state index in [9.17, 15) is 0 Å². The highest BCUT2D eigenvalue weighted by Gasteiger charge is 2.26. The molecule has 0 aliphatic heterocycles. The zero-order valence-corrected chi connectivity index (χ0v) is 12.8. The molecule has 3 aromatic rings. The summed E-state index contributed by atoms with van der Waals surface area (Å²) in [6.45, 7) is 0. The van der Waals surface area contributed by atoms with Crippen molar-refractivity contribution in [3.05, 3.63) is 102 Å². The summed E-state index contributed by atoms with van der Waals surface area (Å²) in [5.41, 5.74) is 6.37. The molecular weight excluding hydrogens is 278 g/mol. The molecule has 110 valence electrons. The molecule has 23 heavy (non-hydrogen) atoms. The van der Waals surface area contributed by atoms with Gasteiger partial charge in [0.1, 0.15) is 6.04 Å². The molecule has 0 atom stereocenters. The number of hydrogen-bond donors (Lipinski definition) is 0. The van der Waals surface area contributed by atoms with Crippen molar-refractivity contribution in [3.8, 4) is 11.1 Å². The van der Waals surface area contributed by atoms with Crippen LogP contribution >= 0.6 is 0 Å². The van der Waals surface area contributed by atoms with Gasteiger partial charge in [0.15, 0.2) is 0 Å². The highest BCUT2D eigenvalue weighted by molar-refractivity contribution is 5.82. The molecule has 0 aromatic heterocycles. The third-order valence-corrected chi connectivity index (χ3v) is 4.21. The zero-order chi connectivity index (χ0) is 15.5. The highest BCUT2D eigenvalue weighted by atomic mass is 14.8. The topological polar surface area (TPSA) is 12.4 Å². The summed E-state index contributed by atoms with van der Waals surface area (Å²) in [4.78, 5) is 4.81. The van der Waals surface area contributed by atoms with Crippen molar-refractivity contribution in [2.45, 2.75) is 6.04 Å². The third kappa shape index (κ3) is 2.62. The second-order valence-electron chi connectivity index (χ2n) is 5.64. The standard InChI is InChI=1S/C22H17N/c1-2-9-17(10-3-1)11-8-16-23-22-20-14-6-4-12-18(20)19-13-5-7-15-21(19)22/h1-16,22H/b11-8+,23-16?. The van der Waals surface area contributed by atoms with Crippen molar-refractivity contribution in [2.24, 2.45) is 4.99 Å². The van der Waals surface area contributed by atoms with Gasteiger partial charge in [-0.3, -0.25) is 4.99 Å². The smallest absolute Gasteiger partial charge is 0.101 e. The highest BCUT2D eigenvalue weighted by Crippen LogP contribution is 2.44. The maximum absolute atomic E-state index is 4.81. The molecule has 3 aromatic carbocycles. The van der Waals surface area contributed by atoms with Gasteiger partial charge in [-0.1, -0.05) is 84.9 Å². The number of fused-ring (bicyclic) bond motifs is 3. The van der Waals surface area contributed by atoms with Crippen LogP contribution in [0.1, 0.15) is 22.7 Å². The van der Waals surface area contributed by atoms with Crippen molar-refractivity contribution in [3.63, 3.8) is 0 Å². The molecule has 0 heterocycles. The summed E-state index contributed by atoms with van der Waals surface area (Å²) in [5.74, 6) is 0. The fourth-order valence-electron chi connectivity index (χ4n) is 3.14. The van der Waals surface area contributed by atoms with E-state index in [-0.39, 0.29) is 6.04 Å². The molecule has 0 saturated heterocycles. The fraction of sp³-hybridized carbons (Fsp3) is 0.0455. The minimum Gasteiger partial charge on any atom is -0.280 e. The van der Waals surface area contributed by atoms with Gasteiger partial charge in [-0.25, -0.2) is 0 Å². The van der Waals surface area contributed by atoms with Crippen molar-refractivity contribution in [1.82, 2.24) is 0 Å². The van der Waals surface area contributed by atoms with E-state index in [1.54, 1.807) is 0 Å². The molecule has 4 rings (SSSR count). The maximum atomic E-state index is 4.81. The van der Waals surface area contributed by atoms with Crippen molar-refractivity contribution >= 4 is 12.3 Å². The Morgan fingerprint density at radius 2 is 1.22 bits per heavy atom. The van der Waals surface area contributed by atoms with Crippen LogP contribution in [0.15, 0.2) is 89.9 Å². The van der Waals surface area contributed by atoms with E-state index >= 15 is 0 Å². The average Bonchev–Trinajstić information content (AvgIpc) is 2.94. The zero-order valence-electron chi connectivity index (χ0n) is 12.8. The van der Waals surface area contributed by atoms with Gasteiger partial charge in [-0.15, -0.1) is 0 Å². The first-order valence-electron chi connectivity index (χ1n) is 7.86. The number of rotatable bonds is 3. The van der Waals surface area contributed by atoms with Gasteiger partial charge in [-0.2, -0.15) is 0 Å². The first kappa shape index (κ1) is 13.7. The molecule has 1 nitrogen and oxygen atoms in total. The number of hydrogen-bond acceptors (Lipinski definition) is 1. The minimum atomic E-state index is 0.0998. The summed E-state index contributed by atoms with van der Waals surface area (Å²) < 4.78 is 0. The summed E-state index contributed by atoms with van der Waals surface area (Å²) in [6, 6.07) is 27.5. The van der Waals surface area contributed by atoms with Crippen molar-refractivity contribution in [2.75, 3.05) is 0 Å². The van der Waals surface area contributed by atoms with E-state index < -0.39 is 0 Å². The van der Waals surface area contributed by atoms with E-state index in [1.165, 1.54) is 27.8 Å². The van der Waals surface area contributed by atoms with Crippen LogP contribution < -0.4 is 0 Å². The Balaban J connectivity index is 1.64. The molecule has 1 heteroatoms. The molecule has 0 amide bonds. The van der Waals surface area contributed by atoms with Crippen LogP contribution in [0.25, 0.3) is 17.2 Å². The lowest BCUT2D eigenvalue weighted by Crippen LogP contribution is -1.92. The Morgan fingerprint density at radius 3 is 1.87 bits per heavy atom. The van der Waals surface area contributed by atoms with Crippen LogP contribution in [-0.2, 0) is 0 Å². The lowest BCUT2D eigenvalue weighted by Gasteiger charge is -2.06. The molecule has 0 unspecified atom stereocenters. The molecule has 0 bridgehead atoms. The molecule has 0 fully saturated rings. The van der Waals surface area contributed by atoms with E-state index in [2.05, 4.69) is 66.7 Å². The maximum Gasteiger partial charge on any atom is 0.101 e. The molecule has 0 saturated carbocycles. The largest absolute Gasteiger partial charge is 0.280 e. The molecule has 0 spiro atoms. The lowest BCUT2D eigenvalue weighted by atomic mass is 10.1. The predicted molar refractivity (Wildman–Crippen MR) is 97.7 cm³/mol. The summed E-state index contributed by atoms with van der Waals surface area (Å²) in [5, 5.41) is 0. The molecular formula is C22H17N. The Labute approximate surface area is 136 Å². The van der Waals surface area contributed by atoms with Crippen LogP contribution in [-0.4, -0.2) is 6.21 Å². The van der Waals surface area contributed by atoms with Gasteiger partial charge < -0.3 is 0 Å². The summed E-state index contributed by atoms with van der Waals surface area (Å²) in [6.07, 6.45) is 6.01. The predicted octanol–water partition coefficient (Wildman–Crippen LogP) is 5.54. The lowest BCUT2D eigenvalue weighted by molar-refractivity contribution is 0.909. The van der Waals surface area contributed by atoms with E-state index in [1.807, 2.05) is 30.5 Å². The fourth-order valence-corrected chi connectivity index (χ4v) is 3.14. The average molecular weight is 295 g/mol. The quantitative estimate of drug-likeness (QED) is 0.562. The number of aliphatic imine (C=N–C) groups is 1. The molecule has 0 N–H and O–H groups in total. The molecule has 0 radical (unpaired) electrons. The second-order valence-corrected chi connectivity index (χ2v) is 5.64. The monoisotopic (exact) mass is 295 g/mol. The van der Waals surface area contributed by atoms with E-state index in [0.29, 0.717) is 0 Å². The van der Waals surface area contributed by atoms with Gasteiger partial charge in [0.2, 0.25) is 0 Å². The third-order valence-electron chi connectivity index (χ3n) is 4.21. The first-order valence-corrected chi connectivity index (χ1v) is 7.86. The van der Waals surface area contributed by atoms with E-state index in [4.69, 9.17) is 4.99 Å². The molecule has 1 aliphatic carbocycles. The first-order chi connectivity index (χ1) is 11.4. The Kier molecular flexibility index (Phi) is 3.61. The van der Waals surface area contributed by atoms with Crippen LogP contribution in [0.5, 0.6) is 0 Å². The Bertz CT molecular complexity index is 830. The summed E-state index contributed by atoms with van der Waals surface area (Å²) >= 11 is 0. The van der Waals surface area contributed by atoms with Crippen LogP contribution in [0.4, 0.5) is 0 Å². The van der Waals surface area contributed by atoms with Gasteiger partial charge >= 0.3 is 0 Å². The normalized spacial score (nSPS) is 13.6. The number of allylic oxidation sites excluding steroid dienone is 1.